The van der Waals surface area contributed by atoms with Gasteiger partial charge in [0.1, 0.15) is 12.4 Å². The maximum atomic E-state index is 13.6. The molecule has 1 rings (SSSR count). The van der Waals surface area contributed by atoms with E-state index in [1.807, 2.05) is 39.8 Å². The third-order valence-electron chi connectivity index (χ3n) is 6.57. The number of carbonyl (C=O) groups is 3. The van der Waals surface area contributed by atoms with Crippen LogP contribution in [0.5, 0.6) is 0 Å². The van der Waals surface area contributed by atoms with Crippen LogP contribution in [0, 0.1) is 28.6 Å². The fourth-order valence-corrected chi connectivity index (χ4v) is 4.95. The first kappa shape index (κ1) is 40.2. The number of likely N-dealkylation sites (N-methyl/N-ethyl adjacent to an activating group) is 1. The smallest absolute Gasteiger partial charge is 0.268 e. The molecular weight excluding hydrogens is 558 g/mol. The molecule has 0 radical (unpaired) electrons. The summed E-state index contributed by atoms with van der Waals surface area (Å²) in [7, 11) is 5.24. The molecule has 0 fully saturated rings. The van der Waals surface area contributed by atoms with Gasteiger partial charge in [0.15, 0.2) is 11.4 Å². The quantitative estimate of drug-likeness (QED) is 0.0754. The lowest BCUT2D eigenvalue weighted by Crippen LogP contribution is -2.39. The largest absolute Gasteiger partial charge is 0.348 e. The van der Waals surface area contributed by atoms with Gasteiger partial charge in [0.05, 0.1) is 16.1 Å². The molecule has 0 spiro atoms. The lowest BCUT2D eigenvalue weighted by molar-refractivity contribution is -0.136. The first-order chi connectivity index (χ1) is 19.7. The number of amides is 1. The highest BCUT2D eigenvalue weighted by molar-refractivity contribution is 7.16. The van der Waals surface area contributed by atoms with Crippen LogP contribution >= 0.6 is 11.3 Å². The minimum Gasteiger partial charge on any atom is -0.348 e. The van der Waals surface area contributed by atoms with Gasteiger partial charge in [0, 0.05) is 50.6 Å². The molecule has 0 aliphatic carbocycles. The third kappa shape index (κ3) is 14.0. The zero-order valence-corrected chi connectivity index (χ0v) is 30.1. The Balaban J connectivity index is 0.00000265. The number of allylic oxidation sites excluding steroid dienone is 1. The highest BCUT2D eigenvalue weighted by atomic mass is 32.1. The lowest BCUT2D eigenvalue weighted by Gasteiger charge is -2.26. The topological polar surface area (TPSA) is 97.6 Å². The monoisotopic (exact) mass is 615 g/mol. The second-order valence-corrected chi connectivity index (χ2v) is 15.0. The number of aromatic nitrogens is 1. The Labute approximate surface area is 265 Å². The van der Waals surface area contributed by atoms with E-state index in [0.717, 1.165) is 47.9 Å². The van der Waals surface area contributed by atoms with Crippen LogP contribution < -0.4 is 4.90 Å². The summed E-state index contributed by atoms with van der Waals surface area (Å²) in [6, 6.07) is 1.98. The number of hydrogen-bond donors (Lipinski definition) is 0. The van der Waals surface area contributed by atoms with E-state index in [9.17, 15) is 19.6 Å². The molecule has 0 aromatic carbocycles. The predicted molar refractivity (Wildman–Crippen MR) is 181 cm³/mol. The molecule has 0 saturated carbocycles. The maximum absolute atomic E-state index is 13.6. The van der Waals surface area contributed by atoms with Gasteiger partial charge in [-0.1, -0.05) is 87.5 Å². The summed E-state index contributed by atoms with van der Waals surface area (Å²) in [6.45, 7) is 24.6. The summed E-state index contributed by atoms with van der Waals surface area (Å²) in [5, 5.41) is 13.7. The van der Waals surface area contributed by atoms with Crippen molar-refractivity contribution in [3.05, 3.63) is 27.3 Å². The second-order valence-electron chi connectivity index (χ2n) is 14.0. The molecule has 1 aromatic heterocycles. The Morgan fingerprint density at radius 2 is 1.47 bits per heavy atom. The normalized spacial score (nSPS) is 12.9. The fourth-order valence-electron chi connectivity index (χ4n) is 3.68. The number of aldehydes is 2. The molecule has 0 aliphatic heterocycles. The minimum atomic E-state index is -0.275. The van der Waals surface area contributed by atoms with Crippen LogP contribution in [0.2, 0.25) is 0 Å². The van der Waals surface area contributed by atoms with Crippen molar-refractivity contribution in [1.82, 2.24) is 15.0 Å². The van der Waals surface area contributed by atoms with Crippen LogP contribution in [0.4, 0.5) is 5.13 Å². The van der Waals surface area contributed by atoms with E-state index in [1.54, 1.807) is 37.5 Å². The van der Waals surface area contributed by atoms with Gasteiger partial charge in [-0.3, -0.25) is 14.6 Å². The van der Waals surface area contributed by atoms with Crippen LogP contribution in [0.15, 0.2) is 16.7 Å². The molecule has 1 amide bonds. The van der Waals surface area contributed by atoms with Gasteiger partial charge in [-0.05, 0) is 42.7 Å². The molecule has 1 heterocycles. The second kappa shape index (κ2) is 18.1. The Kier molecular flexibility index (Phi) is 16.9. The first-order valence-electron chi connectivity index (χ1n) is 15.2. The summed E-state index contributed by atoms with van der Waals surface area (Å²) in [4.78, 5) is 43.5. The highest BCUT2D eigenvalue weighted by Crippen LogP contribution is 2.37. The van der Waals surface area contributed by atoms with Gasteiger partial charge in [-0.15, -0.1) is 0 Å². The van der Waals surface area contributed by atoms with E-state index in [0.29, 0.717) is 35.7 Å². The number of thiazole rings is 1. The van der Waals surface area contributed by atoms with Crippen LogP contribution in [-0.2, 0) is 19.8 Å². The van der Waals surface area contributed by atoms with Gasteiger partial charge in [0.25, 0.3) is 5.91 Å². The van der Waals surface area contributed by atoms with Crippen LogP contribution in [0.25, 0.3) is 6.08 Å². The van der Waals surface area contributed by atoms with Crippen LogP contribution in [0.1, 0.15) is 106 Å². The summed E-state index contributed by atoms with van der Waals surface area (Å²) < 4.78 is 0. The van der Waals surface area contributed by atoms with Gasteiger partial charge in [-0.25, -0.2) is 9.99 Å². The van der Waals surface area contributed by atoms with Crippen LogP contribution in [0.3, 0.4) is 0 Å². The molecule has 0 atom stereocenters. The molecule has 0 N–H and O–H groups in total. The van der Waals surface area contributed by atoms with E-state index in [2.05, 4.69) is 53.4 Å². The number of hydrazine groups is 1. The standard InChI is InChI=1S/C29H47N5O2S.C5H10O/c1-12-23(22(18-30)19-35)24(27(36)33(11)32(9)10)17-25-26(29(6,7)8)31-28(37-25)34(15-13-20(2)3)16-14-21(4)5;1-5(2,3)4-6/h17,19-21H,12-16H2,1-11H3;4H,1-3H3/b23-22-,24-17-;. The van der Waals surface area contributed by atoms with E-state index in [4.69, 9.17) is 4.98 Å². The van der Waals surface area contributed by atoms with Crippen molar-refractivity contribution < 1.29 is 14.4 Å². The Hall–Kier alpha value is -2.83. The molecule has 242 valence electrons. The van der Waals surface area contributed by atoms with Crippen molar-refractivity contribution >= 4 is 41.0 Å². The van der Waals surface area contributed by atoms with Gasteiger partial charge < -0.3 is 9.69 Å². The molecule has 1 aromatic rings. The van der Waals surface area contributed by atoms with E-state index >= 15 is 0 Å². The molecule has 0 aliphatic rings. The Morgan fingerprint density at radius 1 is 0.977 bits per heavy atom. The van der Waals surface area contributed by atoms with Gasteiger partial charge in [-0.2, -0.15) is 5.26 Å². The number of anilines is 1. The summed E-state index contributed by atoms with van der Waals surface area (Å²) >= 11 is 1.58. The molecule has 8 nitrogen and oxygen atoms in total. The first-order valence-corrected chi connectivity index (χ1v) is 16.0. The number of carbonyl (C=O) groups excluding carboxylic acids is 3. The predicted octanol–water partition coefficient (Wildman–Crippen LogP) is 7.32. The average molecular weight is 616 g/mol. The molecule has 0 saturated heterocycles. The van der Waals surface area contributed by atoms with Gasteiger partial charge in [0.2, 0.25) is 0 Å². The van der Waals surface area contributed by atoms with Crippen LogP contribution in [-0.4, -0.2) is 67.7 Å². The molecule has 0 bridgehead atoms. The highest BCUT2D eigenvalue weighted by Gasteiger charge is 2.28. The summed E-state index contributed by atoms with van der Waals surface area (Å²) in [5.41, 5.74) is 1.28. The Morgan fingerprint density at radius 3 is 1.79 bits per heavy atom. The molecule has 9 heteroatoms. The molecule has 43 heavy (non-hydrogen) atoms. The molecular formula is C34H57N5O3S. The van der Waals surface area contributed by atoms with Crippen molar-refractivity contribution in [2.45, 2.75) is 101 Å². The van der Waals surface area contributed by atoms with E-state index in [1.165, 1.54) is 5.01 Å². The molecule has 0 unspecified atom stereocenters. The minimum absolute atomic E-state index is 0.0215. The zero-order valence-electron chi connectivity index (χ0n) is 29.3. The van der Waals surface area contributed by atoms with Crippen molar-refractivity contribution in [1.29, 1.82) is 5.26 Å². The lowest BCUT2D eigenvalue weighted by atomic mass is 9.90. The SMILES string of the molecule is CC(C)(C)C=O.CCC(/C(=C/c1sc(N(CCC(C)C)CCC(C)C)nc1C(C)(C)C)C(=O)N(C)N(C)C)=C(\C#N)C=O. The van der Waals surface area contributed by atoms with Crippen molar-refractivity contribution in [3.8, 4) is 6.07 Å². The number of hydrogen-bond acceptors (Lipinski definition) is 8. The average Bonchev–Trinajstić information content (AvgIpc) is 3.33. The number of nitrogens with zero attached hydrogens (tertiary/aromatic N) is 5. The van der Waals surface area contributed by atoms with Gasteiger partial charge >= 0.3 is 0 Å². The summed E-state index contributed by atoms with van der Waals surface area (Å²) in [5.74, 6) is 0.889. The fraction of sp³-hybridized carbons (Fsp3) is 0.676. The number of nitriles is 1. The van der Waals surface area contributed by atoms with E-state index < -0.39 is 0 Å². The number of rotatable bonds is 13. The van der Waals surface area contributed by atoms with Crippen molar-refractivity contribution in [2.24, 2.45) is 17.3 Å². The summed E-state index contributed by atoms with van der Waals surface area (Å²) in [6.07, 6.45) is 5.83. The van der Waals surface area contributed by atoms with E-state index in [-0.39, 0.29) is 22.3 Å². The zero-order chi connectivity index (χ0) is 33.7. The van der Waals surface area contributed by atoms with Crippen molar-refractivity contribution in [3.63, 3.8) is 0 Å². The van der Waals surface area contributed by atoms with Crippen molar-refractivity contribution in [2.75, 3.05) is 39.1 Å². The third-order valence-corrected chi connectivity index (χ3v) is 7.63. The maximum Gasteiger partial charge on any atom is 0.268 e. The Bertz CT molecular complexity index is 1150.